The topological polar surface area (TPSA) is 73.1 Å². The van der Waals surface area contributed by atoms with Crippen LogP contribution in [0.4, 0.5) is 0 Å². The van der Waals surface area contributed by atoms with Crippen molar-refractivity contribution in [1.82, 2.24) is 4.98 Å². The average molecular weight is 254 g/mol. The Morgan fingerprint density at radius 2 is 2.00 bits per heavy atom. The lowest BCUT2D eigenvalue weighted by atomic mass is 9.84. The minimum Gasteiger partial charge on any atom is -0.324 e. The fourth-order valence-corrected chi connectivity index (χ4v) is 4.11. The molecule has 0 aliphatic heterocycles. The molecule has 17 heavy (non-hydrogen) atoms. The molecule has 1 fully saturated rings. The summed E-state index contributed by atoms with van der Waals surface area (Å²) in [4.78, 5) is 4.12. The van der Waals surface area contributed by atoms with Crippen LogP contribution in [0, 0.1) is 0 Å². The van der Waals surface area contributed by atoms with Gasteiger partial charge < -0.3 is 5.73 Å². The molecule has 1 aromatic heterocycles. The van der Waals surface area contributed by atoms with Crippen LogP contribution in [0.2, 0.25) is 0 Å². The van der Waals surface area contributed by atoms with Gasteiger partial charge in [0.25, 0.3) is 0 Å². The number of sulfone groups is 1. The average Bonchev–Trinajstić information content (AvgIpc) is 2.30. The smallest absolute Gasteiger partial charge is 0.181 e. The molecule has 0 aromatic carbocycles. The van der Waals surface area contributed by atoms with Gasteiger partial charge in [-0.05, 0) is 25.0 Å². The number of rotatable bonds is 3. The van der Waals surface area contributed by atoms with Gasteiger partial charge in [-0.2, -0.15) is 0 Å². The molecule has 4 nitrogen and oxygen atoms in total. The van der Waals surface area contributed by atoms with E-state index < -0.39 is 15.4 Å². The highest BCUT2D eigenvalue weighted by atomic mass is 32.2. The quantitative estimate of drug-likeness (QED) is 0.887. The van der Waals surface area contributed by atoms with Gasteiger partial charge >= 0.3 is 0 Å². The number of pyridine rings is 1. The second-order valence-electron chi connectivity index (χ2n) is 4.87. The Bertz CT molecular complexity index is 465. The van der Waals surface area contributed by atoms with Crippen molar-refractivity contribution in [2.75, 3.05) is 5.75 Å². The highest BCUT2D eigenvalue weighted by molar-refractivity contribution is 7.91. The summed E-state index contributed by atoms with van der Waals surface area (Å²) in [6.45, 7) is 0. The zero-order valence-corrected chi connectivity index (χ0v) is 10.6. The predicted octanol–water partition coefficient (Wildman–Crippen LogP) is 1.52. The van der Waals surface area contributed by atoms with E-state index >= 15 is 0 Å². The van der Waals surface area contributed by atoms with E-state index in [9.17, 15) is 8.42 Å². The van der Waals surface area contributed by atoms with Crippen molar-refractivity contribution in [1.29, 1.82) is 0 Å². The molecule has 0 bridgehead atoms. The Morgan fingerprint density at radius 1 is 1.29 bits per heavy atom. The van der Waals surface area contributed by atoms with E-state index in [1.54, 1.807) is 18.3 Å². The van der Waals surface area contributed by atoms with Gasteiger partial charge in [-0.3, -0.25) is 4.98 Å². The Hall–Kier alpha value is -0.940. The molecule has 0 unspecified atom stereocenters. The van der Waals surface area contributed by atoms with Crippen molar-refractivity contribution in [3.8, 4) is 0 Å². The Balaban J connectivity index is 2.17. The van der Waals surface area contributed by atoms with Crippen LogP contribution in [-0.2, 0) is 9.84 Å². The molecule has 0 saturated heterocycles. The zero-order valence-electron chi connectivity index (χ0n) is 9.80. The lowest BCUT2D eigenvalue weighted by molar-refractivity contribution is 0.323. The maximum atomic E-state index is 12.2. The summed E-state index contributed by atoms with van der Waals surface area (Å²) in [5.41, 5.74) is 5.63. The lowest BCUT2D eigenvalue weighted by Gasteiger charge is -2.32. The van der Waals surface area contributed by atoms with E-state index in [0.717, 1.165) is 32.1 Å². The summed E-state index contributed by atoms with van der Waals surface area (Å²) in [5.74, 6) is 0.0334. The van der Waals surface area contributed by atoms with Crippen molar-refractivity contribution in [3.63, 3.8) is 0 Å². The molecule has 5 heteroatoms. The number of aromatic nitrogens is 1. The number of nitrogens with two attached hydrogens (primary N) is 1. The first-order valence-electron chi connectivity index (χ1n) is 5.94. The molecule has 0 radical (unpaired) electrons. The van der Waals surface area contributed by atoms with Gasteiger partial charge in [0.15, 0.2) is 9.84 Å². The van der Waals surface area contributed by atoms with Crippen LogP contribution in [0.15, 0.2) is 29.4 Å². The van der Waals surface area contributed by atoms with Crippen LogP contribution >= 0.6 is 0 Å². The Morgan fingerprint density at radius 3 is 2.59 bits per heavy atom. The second-order valence-corrected chi connectivity index (χ2v) is 6.86. The molecule has 0 atom stereocenters. The Kier molecular flexibility index (Phi) is 3.49. The highest BCUT2D eigenvalue weighted by Crippen LogP contribution is 2.28. The molecule has 2 N–H and O–H groups in total. The molecule has 1 aliphatic carbocycles. The van der Waals surface area contributed by atoms with Gasteiger partial charge in [-0.1, -0.05) is 19.3 Å². The molecular formula is C12H18N2O2S. The molecule has 1 aromatic rings. The van der Waals surface area contributed by atoms with Crippen molar-refractivity contribution in [2.24, 2.45) is 5.73 Å². The first-order valence-corrected chi connectivity index (χ1v) is 7.59. The standard InChI is InChI=1S/C12H18N2O2S/c13-12(6-2-1-3-7-12)10-17(15,16)11-5-4-8-14-9-11/h4-5,8-9H,1-3,6-7,10,13H2. The van der Waals surface area contributed by atoms with Gasteiger partial charge in [0.1, 0.15) is 0 Å². The molecular weight excluding hydrogens is 236 g/mol. The van der Waals surface area contributed by atoms with Gasteiger partial charge in [-0.15, -0.1) is 0 Å². The largest absolute Gasteiger partial charge is 0.324 e. The van der Waals surface area contributed by atoms with E-state index in [1.165, 1.54) is 6.20 Å². The van der Waals surface area contributed by atoms with Crippen molar-refractivity contribution >= 4 is 9.84 Å². The number of nitrogens with zero attached hydrogens (tertiary/aromatic N) is 1. The summed E-state index contributed by atoms with van der Waals surface area (Å²) in [6, 6.07) is 3.21. The van der Waals surface area contributed by atoms with E-state index in [0.29, 0.717) is 0 Å². The van der Waals surface area contributed by atoms with E-state index in [4.69, 9.17) is 5.73 Å². The molecule has 2 rings (SSSR count). The van der Waals surface area contributed by atoms with Gasteiger partial charge in [0.05, 0.1) is 10.6 Å². The fourth-order valence-electron chi connectivity index (χ4n) is 2.39. The lowest BCUT2D eigenvalue weighted by Crippen LogP contribution is -2.47. The van der Waals surface area contributed by atoms with Crippen LogP contribution in [0.3, 0.4) is 0 Å². The molecule has 0 spiro atoms. The zero-order chi connectivity index (χ0) is 12.4. The van der Waals surface area contributed by atoms with Crippen LogP contribution < -0.4 is 5.73 Å². The molecule has 0 amide bonds. The van der Waals surface area contributed by atoms with Crippen LogP contribution in [0.25, 0.3) is 0 Å². The maximum absolute atomic E-state index is 12.2. The second kappa shape index (κ2) is 4.74. The monoisotopic (exact) mass is 254 g/mol. The molecule has 1 saturated carbocycles. The number of hydrogen-bond acceptors (Lipinski definition) is 4. The maximum Gasteiger partial charge on any atom is 0.181 e. The molecule has 1 aliphatic rings. The molecule has 1 heterocycles. The SMILES string of the molecule is NC1(CS(=O)(=O)c2cccnc2)CCCCC1. The van der Waals surface area contributed by atoms with Gasteiger partial charge in [0, 0.05) is 17.9 Å². The van der Waals surface area contributed by atoms with Crippen LogP contribution in [0.1, 0.15) is 32.1 Å². The van der Waals surface area contributed by atoms with E-state index in [-0.39, 0.29) is 10.6 Å². The first kappa shape index (κ1) is 12.5. The summed E-state index contributed by atoms with van der Waals surface area (Å²) >= 11 is 0. The summed E-state index contributed by atoms with van der Waals surface area (Å²) in [7, 11) is -3.31. The summed E-state index contributed by atoms with van der Waals surface area (Å²) in [6.07, 6.45) is 7.77. The third-order valence-electron chi connectivity index (χ3n) is 3.32. The van der Waals surface area contributed by atoms with Crippen LogP contribution in [-0.4, -0.2) is 24.7 Å². The van der Waals surface area contributed by atoms with Crippen LogP contribution in [0.5, 0.6) is 0 Å². The van der Waals surface area contributed by atoms with Crippen molar-refractivity contribution in [2.45, 2.75) is 42.5 Å². The minimum atomic E-state index is -3.31. The van der Waals surface area contributed by atoms with Gasteiger partial charge in [0.2, 0.25) is 0 Å². The highest BCUT2D eigenvalue weighted by Gasteiger charge is 2.33. The van der Waals surface area contributed by atoms with E-state index in [1.807, 2.05) is 0 Å². The Labute approximate surface area is 102 Å². The summed E-state index contributed by atoms with van der Waals surface area (Å²) in [5, 5.41) is 0. The van der Waals surface area contributed by atoms with Crippen molar-refractivity contribution in [3.05, 3.63) is 24.5 Å². The van der Waals surface area contributed by atoms with Crippen molar-refractivity contribution < 1.29 is 8.42 Å². The summed E-state index contributed by atoms with van der Waals surface area (Å²) < 4.78 is 24.4. The minimum absolute atomic E-state index is 0.0334. The number of hydrogen-bond donors (Lipinski definition) is 1. The normalized spacial score (nSPS) is 20.1. The fraction of sp³-hybridized carbons (Fsp3) is 0.583. The third kappa shape index (κ3) is 3.04. The predicted molar refractivity (Wildman–Crippen MR) is 66.3 cm³/mol. The van der Waals surface area contributed by atoms with Gasteiger partial charge in [-0.25, -0.2) is 8.42 Å². The third-order valence-corrected chi connectivity index (χ3v) is 5.24. The molecule has 94 valence electrons. The van der Waals surface area contributed by atoms with E-state index in [2.05, 4.69) is 4.98 Å². The first-order chi connectivity index (χ1) is 8.02.